The summed E-state index contributed by atoms with van der Waals surface area (Å²) < 4.78 is 1.81. The summed E-state index contributed by atoms with van der Waals surface area (Å²) in [6, 6.07) is 7.77. The molecule has 2 rings (SSSR count). The summed E-state index contributed by atoms with van der Waals surface area (Å²) in [4.78, 5) is 16.1. The molecule has 1 aliphatic rings. The largest absolute Gasteiger partial charge is 0.279 e. The molecule has 0 amide bonds. The number of nitrogens with zero attached hydrogens (tertiary/aromatic N) is 1. The van der Waals surface area contributed by atoms with E-state index in [0.29, 0.717) is 5.70 Å². The highest BCUT2D eigenvalue weighted by Gasteiger charge is 2.21. The van der Waals surface area contributed by atoms with Crippen molar-refractivity contribution in [2.75, 3.05) is 5.75 Å². The molecule has 1 aliphatic heterocycles. The van der Waals surface area contributed by atoms with Crippen molar-refractivity contribution >= 4 is 55.0 Å². The molecule has 0 fully saturated rings. The molecular formula is C13H10BrNOS2. The molecule has 1 aromatic rings. The van der Waals surface area contributed by atoms with E-state index in [9.17, 15) is 4.79 Å². The van der Waals surface area contributed by atoms with Gasteiger partial charge in [-0.2, -0.15) is 0 Å². The highest BCUT2D eigenvalue weighted by atomic mass is 79.9. The van der Waals surface area contributed by atoms with Crippen molar-refractivity contribution in [2.45, 2.75) is 0 Å². The molecule has 18 heavy (non-hydrogen) atoms. The second-order valence-electron chi connectivity index (χ2n) is 3.45. The van der Waals surface area contributed by atoms with Gasteiger partial charge < -0.3 is 0 Å². The first kappa shape index (κ1) is 13.6. The third kappa shape index (κ3) is 3.60. The van der Waals surface area contributed by atoms with Gasteiger partial charge in [0, 0.05) is 10.2 Å². The Balaban J connectivity index is 2.17. The quantitative estimate of drug-likeness (QED) is 0.606. The maximum Gasteiger partial charge on any atom is 0.244 e. The third-order valence-corrected chi connectivity index (χ3v) is 4.63. The van der Waals surface area contributed by atoms with E-state index in [1.54, 1.807) is 6.08 Å². The number of hydrogen-bond donors (Lipinski definition) is 0. The van der Waals surface area contributed by atoms with Gasteiger partial charge in [0.05, 0.1) is 0 Å². The van der Waals surface area contributed by atoms with Crippen LogP contribution in [0.25, 0.3) is 6.08 Å². The second kappa shape index (κ2) is 6.41. The van der Waals surface area contributed by atoms with E-state index in [2.05, 4.69) is 27.5 Å². The minimum atomic E-state index is 0.00415. The van der Waals surface area contributed by atoms with Gasteiger partial charge in [-0.15, -0.1) is 6.58 Å². The van der Waals surface area contributed by atoms with Crippen molar-refractivity contribution in [3.63, 3.8) is 0 Å². The van der Waals surface area contributed by atoms with Crippen LogP contribution in [0.4, 0.5) is 0 Å². The molecule has 0 aliphatic carbocycles. The Morgan fingerprint density at radius 2 is 2.11 bits per heavy atom. The number of aliphatic imine (C=N–C) groups is 1. The zero-order valence-corrected chi connectivity index (χ0v) is 12.6. The molecule has 0 saturated heterocycles. The van der Waals surface area contributed by atoms with Crippen LogP contribution in [0.1, 0.15) is 5.56 Å². The molecule has 1 heterocycles. The van der Waals surface area contributed by atoms with Crippen molar-refractivity contribution in [1.29, 1.82) is 0 Å². The molecule has 0 spiro atoms. The molecule has 92 valence electrons. The zero-order chi connectivity index (χ0) is 13.0. The van der Waals surface area contributed by atoms with Gasteiger partial charge in [-0.25, -0.2) is 4.99 Å². The van der Waals surface area contributed by atoms with E-state index in [-0.39, 0.29) is 5.12 Å². The van der Waals surface area contributed by atoms with Gasteiger partial charge in [-0.3, -0.25) is 4.79 Å². The highest BCUT2D eigenvalue weighted by molar-refractivity contribution is 9.10. The Hall–Kier alpha value is -0.780. The number of halogens is 1. The molecule has 0 radical (unpaired) electrons. The molecule has 0 aromatic heterocycles. The van der Waals surface area contributed by atoms with Gasteiger partial charge in [0.15, 0.2) is 0 Å². The molecule has 0 unspecified atom stereocenters. The number of hydrogen-bond acceptors (Lipinski definition) is 4. The van der Waals surface area contributed by atoms with Gasteiger partial charge in [0.2, 0.25) is 5.12 Å². The number of benzene rings is 1. The van der Waals surface area contributed by atoms with E-state index in [4.69, 9.17) is 0 Å². The Morgan fingerprint density at radius 3 is 2.78 bits per heavy atom. The second-order valence-corrected chi connectivity index (χ2v) is 6.59. The molecule has 0 saturated carbocycles. The lowest BCUT2D eigenvalue weighted by Crippen LogP contribution is -1.87. The highest BCUT2D eigenvalue weighted by Crippen LogP contribution is 2.31. The van der Waals surface area contributed by atoms with Crippen molar-refractivity contribution in [3.05, 3.63) is 52.7 Å². The summed E-state index contributed by atoms with van der Waals surface area (Å²) in [5.74, 6) is 0.769. The summed E-state index contributed by atoms with van der Waals surface area (Å²) in [5, 5.41) is 0.00415. The van der Waals surface area contributed by atoms with E-state index in [1.165, 1.54) is 23.5 Å². The molecule has 0 bridgehead atoms. The Bertz CT molecular complexity index is 534. The first-order valence-corrected chi connectivity index (χ1v) is 7.80. The number of thioether (sulfide) groups is 2. The van der Waals surface area contributed by atoms with Gasteiger partial charge >= 0.3 is 0 Å². The average molecular weight is 340 g/mol. The summed E-state index contributed by atoms with van der Waals surface area (Å²) in [7, 11) is 0. The maximum absolute atomic E-state index is 11.8. The number of carbonyl (C=O) groups excluding carboxylic acids is 1. The molecule has 1 aromatic carbocycles. The van der Waals surface area contributed by atoms with E-state index in [1.807, 2.05) is 30.3 Å². The fourth-order valence-corrected chi connectivity index (χ4v) is 3.16. The predicted octanol–water partition coefficient (Wildman–Crippen LogP) is 4.34. The first-order valence-electron chi connectivity index (χ1n) is 5.21. The number of carbonyl (C=O) groups is 1. The standard InChI is InChI=1S/C13H10BrNOS2/c1-2-7-17-13-15-11(12(16)18-13)8-9-3-5-10(14)6-4-9/h2-6,8H,1,7H2/b11-8-. The van der Waals surface area contributed by atoms with Crippen LogP contribution in [0.5, 0.6) is 0 Å². The van der Waals surface area contributed by atoms with Crippen LogP contribution in [0.2, 0.25) is 0 Å². The van der Waals surface area contributed by atoms with Crippen molar-refractivity contribution in [2.24, 2.45) is 4.99 Å². The smallest absolute Gasteiger partial charge is 0.244 e. The lowest BCUT2D eigenvalue weighted by molar-refractivity contribution is -0.107. The fraction of sp³-hybridized carbons (Fsp3) is 0.0769. The van der Waals surface area contributed by atoms with Gasteiger partial charge in [-0.05, 0) is 35.5 Å². The van der Waals surface area contributed by atoms with Crippen LogP contribution in [0, 0.1) is 0 Å². The minimum Gasteiger partial charge on any atom is -0.279 e. The fourth-order valence-electron chi connectivity index (χ4n) is 1.30. The van der Waals surface area contributed by atoms with Crippen LogP contribution < -0.4 is 0 Å². The summed E-state index contributed by atoms with van der Waals surface area (Å²) in [6.07, 6.45) is 3.61. The Kier molecular flexibility index (Phi) is 4.86. The van der Waals surface area contributed by atoms with Gasteiger partial charge in [0.25, 0.3) is 0 Å². The Labute approximate surface area is 123 Å². The van der Waals surface area contributed by atoms with Crippen LogP contribution in [0.15, 0.2) is 52.1 Å². The third-order valence-electron chi connectivity index (χ3n) is 2.10. The van der Waals surface area contributed by atoms with Gasteiger partial charge in [0.1, 0.15) is 10.1 Å². The molecule has 5 heteroatoms. The van der Waals surface area contributed by atoms with Crippen LogP contribution in [-0.2, 0) is 4.79 Å². The lowest BCUT2D eigenvalue weighted by atomic mass is 10.2. The van der Waals surface area contributed by atoms with Crippen molar-refractivity contribution in [3.8, 4) is 0 Å². The van der Waals surface area contributed by atoms with Crippen molar-refractivity contribution in [1.82, 2.24) is 0 Å². The van der Waals surface area contributed by atoms with E-state index < -0.39 is 0 Å². The SMILES string of the molecule is C=CCSC1=N/C(=C\c2ccc(Br)cc2)C(=O)S1. The zero-order valence-electron chi connectivity index (χ0n) is 9.43. The van der Waals surface area contributed by atoms with Crippen LogP contribution >= 0.6 is 39.5 Å². The monoisotopic (exact) mass is 339 g/mol. The first-order chi connectivity index (χ1) is 8.69. The van der Waals surface area contributed by atoms with Crippen LogP contribution in [0.3, 0.4) is 0 Å². The predicted molar refractivity (Wildman–Crippen MR) is 84.8 cm³/mol. The Morgan fingerprint density at radius 1 is 1.39 bits per heavy atom. The minimum absolute atomic E-state index is 0.00415. The molecule has 2 nitrogen and oxygen atoms in total. The number of rotatable bonds is 3. The average Bonchev–Trinajstić information content (AvgIpc) is 2.70. The normalized spacial score (nSPS) is 17.1. The lowest BCUT2D eigenvalue weighted by Gasteiger charge is -1.94. The summed E-state index contributed by atoms with van der Waals surface area (Å²) in [5.41, 5.74) is 1.48. The van der Waals surface area contributed by atoms with Gasteiger partial charge in [-0.1, -0.05) is 45.9 Å². The molecule has 0 N–H and O–H groups in total. The topological polar surface area (TPSA) is 29.4 Å². The van der Waals surface area contributed by atoms with Crippen LogP contribution in [-0.4, -0.2) is 15.2 Å². The molecule has 0 atom stereocenters. The van der Waals surface area contributed by atoms with E-state index >= 15 is 0 Å². The van der Waals surface area contributed by atoms with Crippen molar-refractivity contribution < 1.29 is 4.79 Å². The summed E-state index contributed by atoms with van der Waals surface area (Å²) >= 11 is 6.09. The maximum atomic E-state index is 11.8. The summed E-state index contributed by atoms with van der Waals surface area (Å²) in [6.45, 7) is 3.65. The molecular weight excluding hydrogens is 330 g/mol. The van der Waals surface area contributed by atoms with E-state index in [0.717, 1.165) is 20.2 Å².